The monoisotopic (exact) mass is 1870 g/mol. The number of para-hydroxylation sites is 2. The fourth-order valence-corrected chi connectivity index (χ4v) is 16.8. The highest BCUT2D eigenvalue weighted by Crippen LogP contribution is 2.28. The summed E-state index contributed by atoms with van der Waals surface area (Å²) >= 11 is 0.729. The molecule has 0 unspecified atom stereocenters. The number of aliphatic hydroxyl groups excluding tert-OH is 2. The molecule has 14 atom stereocenters. The lowest BCUT2D eigenvalue weighted by molar-refractivity contribution is -0.149. The number of aliphatic carboxylic acids is 1. The maximum Gasteiger partial charge on any atom is 0.303 e. The second-order valence-corrected chi connectivity index (χ2v) is 34.1. The van der Waals surface area contributed by atoms with Crippen molar-refractivity contribution in [3.8, 4) is 5.75 Å². The van der Waals surface area contributed by atoms with Crippen LogP contribution in [0.15, 0.2) is 103 Å². The molecule has 3 aromatic carbocycles. The van der Waals surface area contributed by atoms with E-state index in [9.17, 15) is 73.2 Å². The number of nitrogens with two attached hydrogens (primary N) is 3. The van der Waals surface area contributed by atoms with Crippen LogP contribution in [0.2, 0.25) is 0 Å². The van der Waals surface area contributed by atoms with Gasteiger partial charge in [0.2, 0.25) is 94.5 Å². The number of amides is 17. The fraction of sp³-hybridized carbons (Fsp3) is 0.489. The van der Waals surface area contributed by atoms with Crippen molar-refractivity contribution in [3.63, 3.8) is 0 Å². The maximum atomic E-state index is 15.7. The number of hydrogen-bond donors (Lipinski definition) is 20. The van der Waals surface area contributed by atoms with Gasteiger partial charge in [-0.1, -0.05) is 88.1 Å². The normalized spacial score (nSPS) is 24.7. The molecule has 0 radical (unpaired) electrons. The lowest BCUT2D eigenvalue weighted by atomic mass is 10.00. The molecule has 17 amide bonds. The number of phenolic OH excluding ortho intramolecular Hbond substituents is 1. The molecule has 44 nitrogen and oxygen atoms in total. The molecule has 3 saturated heterocycles. The number of hydrogen-bond acceptors (Lipinski definition) is 24. The highest BCUT2D eigenvalue weighted by Gasteiger charge is 2.47. The quantitative estimate of drug-likeness (QED) is 0.0260. The summed E-state index contributed by atoms with van der Waals surface area (Å²) in [7, 11) is 3.81. The number of benzene rings is 3. The van der Waals surface area contributed by atoms with Crippen LogP contribution in [0.25, 0.3) is 27.9 Å². The van der Waals surface area contributed by atoms with Gasteiger partial charge in [-0.05, 0) is 99.0 Å². The molecule has 0 aliphatic carbocycles. The number of likely N-dealkylation sites (N-methyl/N-ethyl adjacent to an activating group) is 3. The van der Waals surface area contributed by atoms with Crippen molar-refractivity contribution in [2.45, 2.75) is 208 Å². The largest absolute Gasteiger partial charge is 0.508 e. The average molecular weight is 1870 g/mol. The van der Waals surface area contributed by atoms with Crippen molar-refractivity contribution in [1.29, 1.82) is 0 Å². The number of thioether (sulfide) groups is 1. The first kappa shape index (κ1) is 103. The van der Waals surface area contributed by atoms with Crippen molar-refractivity contribution < 1.29 is 107 Å². The molecular formula is C88H118N22O22S. The van der Waals surface area contributed by atoms with Crippen LogP contribution >= 0.6 is 11.8 Å². The van der Waals surface area contributed by atoms with Crippen LogP contribution in [0, 0.1) is 0 Å². The van der Waals surface area contributed by atoms with Gasteiger partial charge in [0.05, 0.1) is 37.8 Å². The van der Waals surface area contributed by atoms with Crippen molar-refractivity contribution >= 4 is 146 Å². The molecule has 718 valence electrons. The first-order valence-electron chi connectivity index (χ1n) is 43.8. The van der Waals surface area contributed by atoms with Gasteiger partial charge in [-0.2, -0.15) is 0 Å². The lowest BCUT2D eigenvalue weighted by Gasteiger charge is -2.36. The standard InChI is InChI=1S/C88H118N22O22S/c1-7-9-20-67-81(125)98-58(29-30-89)77(121)105-66(76(120)95-41-72(91)115)44-133-45-73(116)97-62(32-48-23-25-52(112)26-24-48)84(128)106(4)47(3)75(119)102-64(37-71(90)114)87(131)109-31-15-22-68(109)82(126)101-61(35-51-40-92-46-96-51)79(123)99-59(27-28-74(117)118)86(130)110-42-53(113)36-70(110)83(127)100-60(33-49-38-93-56-18-13-11-16-54(49)56)78(122)104-65(43-111)80(124)103-63(34-50-39-94-57-19-14-12-17-55(50)57)85(129)108(6)69(21-10-8-2)88(132)107(67)5/h11-14,16-19,23-26,32,38-40,46-47,53,58-61,63-70,93-94,111-113H,7-10,15,20-22,27-31,33-37,41-45,89H2,1-6H3,(H2,90,114)(H2,91,115)(H,92,96)(H,95,120)(H,97,116)(H,98,125)(H,99,123)(H,100,127)(H,101,126)(H,102,119)(H,103,124)(H,104,122)(H,105,121)(H,117,118)/b62-32+/t47-,53+,58-,59-,60-,61-,63-,64-,65-,66-,67-,68-,69-,70-/m0/s1. The van der Waals surface area contributed by atoms with E-state index in [1.807, 2.05) is 13.8 Å². The molecule has 45 heteroatoms. The summed E-state index contributed by atoms with van der Waals surface area (Å²) in [6, 6.07) is -2.19. The van der Waals surface area contributed by atoms with Crippen LogP contribution in [0.1, 0.15) is 127 Å². The highest BCUT2D eigenvalue weighted by molar-refractivity contribution is 8.00. The molecular weight excluding hydrogens is 1750 g/mol. The Morgan fingerprint density at radius 2 is 1.13 bits per heavy atom. The van der Waals surface area contributed by atoms with E-state index in [1.54, 1.807) is 60.9 Å². The number of unbranched alkanes of at least 4 members (excludes halogenated alkanes) is 2. The number of H-pyrrole nitrogens is 3. The van der Waals surface area contributed by atoms with Crippen LogP contribution in [0.3, 0.4) is 0 Å². The van der Waals surface area contributed by atoms with Crippen LogP contribution in [-0.4, -0.2) is 321 Å². The number of carbonyl (C=O) groups is 18. The number of fused-ring (bicyclic) bond motifs is 4. The second-order valence-electron chi connectivity index (χ2n) is 33.0. The third-order valence-electron chi connectivity index (χ3n) is 23.4. The summed E-state index contributed by atoms with van der Waals surface area (Å²) in [6.07, 6.45) is 2.86. The molecule has 0 bridgehead atoms. The van der Waals surface area contributed by atoms with Gasteiger partial charge in [0.1, 0.15) is 90.0 Å². The minimum atomic E-state index is -1.93. The van der Waals surface area contributed by atoms with E-state index in [0.717, 1.165) is 43.3 Å². The molecule has 3 aromatic heterocycles. The van der Waals surface area contributed by atoms with Gasteiger partial charge in [0, 0.05) is 118 Å². The van der Waals surface area contributed by atoms with E-state index in [1.165, 1.54) is 63.9 Å². The minimum absolute atomic E-state index is 0.0177. The van der Waals surface area contributed by atoms with Crippen LogP contribution in [0.5, 0.6) is 5.75 Å². The van der Waals surface area contributed by atoms with Crippen LogP contribution < -0.4 is 70.4 Å². The number of nitrogens with one attached hydrogen (secondary N) is 13. The SMILES string of the molecule is CCCC[C@H]1C(=O)N(C)[C@@H](CCCC)C(=O)N[C@@H](CCN)C(=O)N[C@H](C(=O)NCC(N)=O)CSCC(=O)N/C(=C/c2ccc(O)cc2)C(=O)N(C)[C@@H](C)C(=O)N[C@@H](CC(N)=O)C(=O)N2CCC[C@H]2C(=O)N[C@@H](Cc2cnc[nH]2)C(=O)N[C@@H](CCC(=O)O)C(=O)N2C[C@H](O)C[C@H]2C(=O)N[C@@H](Cc2c[nH]c3ccccc23)C(=O)N[C@@H](CO)C(=O)N[C@@H](Cc2c[nH]c3ccccc23)C(=O)N1C. The Labute approximate surface area is 769 Å². The Bertz CT molecular complexity index is 5240. The number of carbonyl (C=O) groups excluding carboxylic acids is 17. The van der Waals surface area contributed by atoms with E-state index in [-0.39, 0.29) is 75.0 Å². The summed E-state index contributed by atoms with van der Waals surface area (Å²) in [6.45, 7) is 1.98. The van der Waals surface area contributed by atoms with Crippen molar-refractivity contribution in [1.82, 2.24) is 97.6 Å². The zero-order valence-corrected chi connectivity index (χ0v) is 75.4. The van der Waals surface area contributed by atoms with E-state index >= 15 is 33.6 Å². The summed E-state index contributed by atoms with van der Waals surface area (Å²) in [4.78, 5) is 279. The Kier molecular flexibility index (Phi) is 37.8. The third-order valence-corrected chi connectivity index (χ3v) is 24.4. The molecule has 133 heavy (non-hydrogen) atoms. The predicted molar refractivity (Wildman–Crippen MR) is 482 cm³/mol. The van der Waals surface area contributed by atoms with Gasteiger partial charge in [0.25, 0.3) is 5.91 Å². The molecule has 9 rings (SSSR count). The van der Waals surface area contributed by atoms with E-state index in [0.29, 0.717) is 58.6 Å². The number of aliphatic hydroxyl groups is 2. The summed E-state index contributed by atoms with van der Waals surface area (Å²) < 4.78 is 0. The van der Waals surface area contributed by atoms with Gasteiger partial charge in [-0.15, -0.1) is 11.8 Å². The van der Waals surface area contributed by atoms with Crippen molar-refractivity contribution in [2.24, 2.45) is 17.2 Å². The fourth-order valence-electron chi connectivity index (χ4n) is 16.0. The molecule has 6 heterocycles. The summed E-state index contributed by atoms with van der Waals surface area (Å²) in [5.74, 6) is -20.0. The highest BCUT2D eigenvalue weighted by atomic mass is 32.2. The predicted octanol–water partition coefficient (Wildman–Crippen LogP) is -3.59. The zero-order chi connectivity index (χ0) is 97.0. The number of phenols is 1. The first-order chi connectivity index (χ1) is 63.4. The van der Waals surface area contributed by atoms with Gasteiger partial charge in [-0.3, -0.25) is 86.3 Å². The average Bonchev–Trinajstić information content (AvgIpc) is 1.66. The third kappa shape index (κ3) is 28.1. The van der Waals surface area contributed by atoms with E-state index in [4.69, 9.17) is 17.2 Å². The Morgan fingerprint density at radius 3 is 1.72 bits per heavy atom. The van der Waals surface area contributed by atoms with Gasteiger partial charge in [-0.25, -0.2) is 4.98 Å². The number of rotatable bonds is 24. The van der Waals surface area contributed by atoms with Crippen molar-refractivity contribution in [2.75, 3.05) is 65.4 Å². The first-order valence-corrected chi connectivity index (χ1v) is 44.9. The number of nitrogens with zero attached hydrogens (tertiary/aromatic N) is 6. The number of carboxylic acids is 1. The molecule has 0 saturated carbocycles. The van der Waals surface area contributed by atoms with Gasteiger partial charge >= 0.3 is 5.97 Å². The topological polar surface area (TPSA) is 663 Å². The Balaban J connectivity index is 1.10. The summed E-state index contributed by atoms with van der Waals surface area (Å²) in [5.41, 5.74) is 19.2. The minimum Gasteiger partial charge on any atom is -0.508 e. The van der Waals surface area contributed by atoms with E-state index in [2.05, 4.69) is 73.1 Å². The van der Waals surface area contributed by atoms with Crippen LogP contribution in [0.4, 0.5) is 0 Å². The molecule has 3 aliphatic heterocycles. The van der Waals surface area contributed by atoms with E-state index < -0.39 is 260 Å². The number of aromatic nitrogens is 4. The molecule has 23 N–H and O–H groups in total. The number of imidazole rings is 1. The van der Waals surface area contributed by atoms with Gasteiger partial charge < -0.3 is 130 Å². The molecule has 0 spiro atoms. The number of carboxylic acid groups (broad SMARTS) is 1. The molecule has 3 fully saturated rings. The zero-order valence-electron chi connectivity index (χ0n) is 74.6. The van der Waals surface area contributed by atoms with Crippen LogP contribution in [-0.2, 0) is 106 Å². The Hall–Kier alpha value is -13.8. The Morgan fingerprint density at radius 1 is 0.579 bits per heavy atom. The maximum absolute atomic E-state index is 15.7. The van der Waals surface area contributed by atoms with Gasteiger partial charge in [0.15, 0.2) is 0 Å². The molecule has 6 aromatic rings. The number of aromatic hydroxyl groups is 1. The molecule has 3 aliphatic rings. The smallest absolute Gasteiger partial charge is 0.303 e. The lowest BCUT2D eigenvalue weighted by Crippen LogP contribution is -2.62. The number of aromatic amines is 3. The summed E-state index contributed by atoms with van der Waals surface area (Å²) in [5, 5.41) is 69.6. The number of primary amides is 2. The second kappa shape index (κ2) is 48.9. The van der Waals surface area contributed by atoms with Crippen molar-refractivity contribution in [3.05, 3.63) is 126 Å².